The summed E-state index contributed by atoms with van der Waals surface area (Å²) >= 11 is 0. The van der Waals surface area contributed by atoms with Crippen LogP contribution in [0.3, 0.4) is 0 Å². The molecule has 0 saturated carbocycles. The summed E-state index contributed by atoms with van der Waals surface area (Å²) in [5.41, 5.74) is 15.9. The third-order valence-electron chi connectivity index (χ3n) is 13.8. The van der Waals surface area contributed by atoms with E-state index in [1.54, 1.807) is 39.0 Å². The standard InChI is InChI=1S/C47H52N2/c1-2-43-48-40-26-9-10-27-42(40)49(43)41-28-14-22-33-34(21-13-23-35(33)41)39-29-38(30-15-5-3-6-16-30)46-36-24-11-19-31-20-12-25-37(44(31)36)47(46)45(39)32-17-7-4-8-18-32/h5,7,9-11,13,15-17,21,23-28,31-34,38-39,43,45,48H,2-4,6,8,12,14,18-20,22,29H2,1H3. The minimum atomic E-state index is 0.305. The Hall–Kier alpha value is -3.78. The van der Waals surface area contributed by atoms with E-state index in [9.17, 15) is 0 Å². The number of hydrogen-bond donors (Lipinski definition) is 1. The van der Waals surface area contributed by atoms with Gasteiger partial charge in [0.15, 0.2) is 0 Å². The van der Waals surface area contributed by atoms with Gasteiger partial charge in [-0.2, -0.15) is 0 Å². The van der Waals surface area contributed by atoms with Crippen molar-refractivity contribution in [3.63, 3.8) is 0 Å². The lowest BCUT2D eigenvalue weighted by Crippen LogP contribution is -2.42. The summed E-state index contributed by atoms with van der Waals surface area (Å²) in [6.45, 7) is 2.33. The van der Waals surface area contributed by atoms with Crippen molar-refractivity contribution in [2.24, 2.45) is 41.4 Å². The summed E-state index contributed by atoms with van der Waals surface area (Å²) < 4.78 is 0. The van der Waals surface area contributed by atoms with Gasteiger partial charge in [-0.05, 0) is 164 Å². The fourth-order valence-corrected chi connectivity index (χ4v) is 11.8. The monoisotopic (exact) mass is 644 g/mol. The summed E-state index contributed by atoms with van der Waals surface area (Å²) in [4.78, 5) is 2.65. The quantitative estimate of drug-likeness (QED) is 0.321. The number of nitrogens with one attached hydrogen (secondary N) is 1. The molecule has 1 aromatic carbocycles. The lowest BCUT2D eigenvalue weighted by molar-refractivity contribution is 0.156. The van der Waals surface area contributed by atoms with E-state index in [0.29, 0.717) is 47.6 Å². The van der Waals surface area contributed by atoms with Crippen LogP contribution in [0.5, 0.6) is 0 Å². The van der Waals surface area contributed by atoms with E-state index in [0.717, 1.165) is 12.8 Å². The van der Waals surface area contributed by atoms with E-state index >= 15 is 0 Å². The molecule has 0 amide bonds. The number of fused-ring (bicyclic) bond motifs is 4. The molecule has 8 aliphatic carbocycles. The average molecular weight is 645 g/mol. The Kier molecular flexibility index (Phi) is 7.50. The van der Waals surface area contributed by atoms with Gasteiger partial charge in [-0.25, -0.2) is 0 Å². The summed E-state index contributed by atoms with van der Waals surface area (Å²) in [6.07, 6.45) is 46.0. The highest BCUT2D eigenvalue weighted by molar-refractivity contribution is 5.80. The van der Waals surface area contributed by atoms with Crippen molar-refractivity contribution < 1.29 is 0 Å². The molecule has 49 heavy (non-hydrogen) atoms. The van der Waals surface area contributed by atoms with Crippen LogP contribution in [0.25, 0.3) is 0 Å². The van der Waals surface area contributed by atoms with Crippen LogP contribution < -0.4 is 10.2 Å². The van der Waals surface area contributed by atoms with Crippen LogP contribution in [-0.4, -0.2) is 6.17 Å². The molecule has 1 aromatic rings. The molecule has 0 bridgehead atoms. The molecule has 0 fully saturated rings. The van der Waals surface area contributed by atoms with Gasteiger partial charge in [0.1, 0.15) is 6.17 Å². The molecule has 8 unspecified atom stereocenters. The SMILES string of the molecule is CCC1Nc2ccccc2N1C1=CCCC2C1=CC=CC2C1CC(C2=CCCC=C2)C2=C(C3=CCCC4CC=CC2=C34)C1C1C=CCCC1. The van der Waals surface area contributed by atoms with Gasteiger partial charge >= 0.3 is 0 Å². The predicted molar refractivity (Wildman–Crippen MR) is 205 cm³/mol. The fraction of sp³-hybridized carbons (Fsp3) is 0.447. The van der Waals surface area contributed by atoms with E-state index in [1.165, 1.54) is 81.3 Å². The van der Waals surface area contributed by atoms with Gasteiger partial charge in [0.05, 0.1) is 11.4 Å². The maximum atomic E-state index is 3.86. The van der Waals surface area contributed by atoms with Crippen LogP contribution in [0, 0.1) is 41.4 Å². The highest BCUT2D eigenvalue weighted by Gasteiger charge is 2.52. The van der Waals surface area contributed by atoms with Gasteiger partial charge in [-0.15, -0.1) is 0 Å². The smallest absolute Gasteiger partial charge is 0.104 e. The van der Waals surface area contributed by atoms with E-state index in [2.05, 4.69) is 114 Å². The first-order chi connectivity index (χ1) is 24.3. The van der Waals surface area contributed by atoms with E-state index in [-0.39, 0.29) is 0 Å². The molecule has 0 spiro atoms. The summed E-state index contributed by atoms with van der Waals surface area (Å²) in [5.74, 6) is 4.15. The molecule has 10 rings (SSSR count). The van der Waals surface area contributed by atoms with Crippen LogP contribution in [0.15, 0.2) is 142 Å². The minimum Gasteiger partial charge on any atom is -0.363 e. The highest BCUT2D eigenvalue weighted by atomic mass is 15.3. The molecule has 0 radical (unpaired) electrons. The number of hydrogen-bond acceptors (Lipinski definition) is 2. The first-order valence-corrected chi connectivity index (χ1v) is 19.9. The molecular formula is C47H52N2. The maximum absolute atomic E-state index is 3.86. The van der Waals surface area contributed by atoms with Crippen molar-refractivity contribution >= 4 is 11.4 Å². The Morgan fingerprint density at radius 2 is 1.78 bits per heavy atom. The van der Waals surface area contributed by atoms with Gasteiger partial charge in [-0.3, -0.25) is 0 Å². The van der Waals surface area contributed by atoms with E-state index in [4.69, 9.17) is 0 Å². The Balaban J connectivity index is 1.09. The second-order valence-corrected chi connectivity index (χ2v) is 16.2. The van der Waals surface area contributed by atoms with Crippen molar-refractivity contribution in [1.29, 1.82) is 0 Å². The van der Waals surface area contributed by atoms with Crippen LogP contribution in [0.1, 0.15) is 84.0 Å². The normalized spacial score (nSPS) is 35.6. The van der Waals surface area contributed by atoms with E-state index in [1.807, 2.05) is 0 Å². The topological polar surface area (TPSA) is 15.3 Å². The zero-order valence-corrected chi connectivity index (χ0v) is 29.3. The van der Waals surface area contributed by atoms with E-state index < -0.39 is 0 Å². The zero-order valence-electron chi connectivity index (χ0n) is 29.3. The van der Waals surface area contributed by atoms with Crippen LogP contribution >= 0.6 is 0 Å². The minimum absolute atomic E-state index is 0.305. The largest absolute Gasteiger partial charge is 0.363 e. The lowest BCUT2D eigenvalue weighted by atomic mass is 9.55. The predicted octanol–water partition coefficient (Wildman–Crippen LogP) is 11.8. The molecule has 8 atom stereocenters. The van der Waals surface area contributed by atoms with Gasteiger partial charge < -0.3 is 10.2 Å². The molecule has 1 N–H and O–H groups in total. The summed E-state index contributed by atoms with van der Waals surface area (Å²) in [7, 11) is 0. The van der Waals surface area contributed by atoms with Crippen molar-refractivity contribution in [2.45, 2.75) is 90.1 Å². The Morgan fingerprint density at radius 3 is 2.65 bits per heavy atom. The van der Waals surface area contributed by atoms with Gasteiger partial charge in [0, 0.05) is 11.6 Å². The molecule has 0 aromatic heterocycles. The first-order valence-electron chi connectivity index (χ1n) is 19.9. The fourth-order valence-electron chi connectivity index (χ4n) is 11.8. The summed E-state index contributed by atoms with van der Waals surface area (Å²) in [5, 5.41) is 3.86. The van der Waals surface area contributed by atoms with Gasteiger partial charge in [-0.1, -0.05) is 92.0 Å². The van der Waals surface area contributed by atoms with Crippen molar-refractivity contribution in [3.05, 3.63) is 142 Å². The number of allylic oxidation sites excluding steroid dienone is 19. The molecule has 1 heterocycles. The second-order valence-electron chi connectivity index (χ2n) is 16.2. The molecule has 2 nitrogen and oxygen atoms in total. The molecule has 250 valence electrons. The van der Waals surface area contributed by atoms with Gasteiger partial charge in [0.25, 0.3) is 0 Å². The molecule has 2 heteroatoms. The van der Waals surface area contributed by atoms with Crippen LogP contribution in [0.2, 0.25) is 0 Å². The second kappa shape index (κ2) is 12.2. The van der Waals surface area contributed by atoms with Gasteiger partial charge in [0.2, 0.25) is 0 Å². The Morgan fingerprint density at radius 1 is 0.837 bits per heavy atom. The van der Waals surface area contributed by atoms with Crippen molar-refractivity contribution in [3.8, 4) is 0 Å². The Bertz CT molecular complexity index is 1860. The Labute approximate surface area is 294 Å². The maximum Gasteiger partial charge on any atom is 0.104 e. The van der Waals surface area contributed by atoms with Crippen LogP contribution in [-0.2, 0) is 0 Å². The zero-order chi connectivity index (χ0) is 32.5. The molecule has 1 aliphatic heterocycles. The van der Waals surface area contributed by atoms with Crippen molar-refractivity contribution in [1.82, 2.24) is 0 Å². The number of anilines is 2. The highest BCUT2D eigenvalue weighted by Crippen LogP contribution is 2.63. The van der Waals surface area contributed by atoms with Crippen LogP contribution in [0.4, 0.5) is 11.4 Å². The average Bonchev–Trinajstić information content (AvgIpc) is 3.72. The first kappa shape index (κ1) is 30.1. The third-order valence-corrected chi connectivity index (χ3v) is 13.8. The number of nitrogens with zero attached hydrogens (tertiary/aromatic N) is 1. The molecular weight excluding hydrogens is 593 g/mol. The number of benzene rings is 1. The molecule has 0 saturated heterocycles. The summed E-state index contributed by atoms with van der Waals surface area (Å²) in [6, 6.07) is 8.97. The number of rotatable bonds is 5. The third kappa shape index (κ3) is 4.72. The van der Waals surface area contributed by atoms with Crippen molar-refractivity contribution in [2.75, 3.05) is 10.2 Å². The lowest BCUT2D eigenvalue weighted by Gasteiger charge is -2.49. The number of para-hydroxylation sites is 2. The molecule has 9 aliphatic rings.